The quantitative estimate of drug-likeness (QED) is 0.895. The fourth-order valence-electron chi connectivity index (χ4n) is 3.02. The third-order valence-corrected chi connectivity index (χ3v) is 3.97. The summed E-state index contributed by atoms with van der Waals surface area (Å²) in [5, 5.41) is 2.85. The minimum absolute atomic E-state index is 0.0615. The van der Waals surface area contributed by atoms with E-state index in [-0.39, 0.29) is 6.04 Å². The number of hydrogen-bond donors (Lipinski definition) is 2. The highest BCUT2D eigenvalue weighted by Gasteiger charge is 2.27. The number of anilines is 1. The van der Waals surface area contributed by atoms with Crippen molar-refractivity contribution in [1.82, 2.24) is 5.32 Å². The van der Waals surface area contributed by atoms with E-state index in [0.29, 0.717) is 19.0 Å². The second-order valence-electron chi connectivity index (χ2n) is 7.36. The van der Waals surface area contributed by atoms with E-state index in [1.165, 1.54) is 11.3 Å². The first-order valence-electron chi connectivity index (χ1n) is 8.31. The molecule has 3 N–H and O–H groups in total. The Balaban J connectivity index is 2.05. The normalized spacial score (nSPS) is 19.0. The molecule has 0 spiro atoms. The van der Waals surface area contributed by atoms with E-state index in [0.717, 1.165) is 13.0 Å². The number of ether oxygens (including phenoxy) is 1. The van der Waals surface area contributed by atoms with Gasteiger partial charge in [-0.15, -0.1) is 0 Å². The number of carbonyl (C=O) groups is 1. The highest BCUT2D eigenvalue weighted by molar-refractivity contribution is 5.68. The fraction of sp³-hybridized carbons (Fsp3) is 0.611. The number of rotatable bonds is 4. The topological polar surface area (TPSA) is 67.6 Å². The van der Waals surface area contributed by atoms with Crippen LogP contribution >= 0.6 is 0 Å². The van der Waals surface area contributed by atoms with Crippen LogP contribution in [0.15, 0.2) is 24.3 Å². The molecule has 2 unspecified atom stereocenters. The van der Waals surface area contributed by atoms with E-state index >= 15 is 0 Å². The van der Waals surface area contributed by atoms with Gasteiger partial charge in [-0.05, 0) is 44.7 Å². The van der Waals surface area contributed by atoms with Crippen LogP contribution in [-0.4, -0.2) is 37.4 Å². The summed E-state index contributed by atoms with van der Waals surface area (Å²) >= 11 is 0. The molecule has 0 saturated heterocycles. The summed E-state index contributed by atoms with van der Waals surface area (Å²) in [6.07, 6.45) is 0.693. The second-order valence-corrected chi connectivity index (χ2v) is 7.36. The Hall–Kier alpha value is -1.75. The van der Waals surface area contributed by atoms with Gasteiger partial charge < -0.3 is 20.7 Å². The number of nitrogens with one attached hydrogen (secondary N) is 1. The molecule has 1 aromatic carbocycles. The van der Waals surface area contributed by atoms with Gasteiger partial charge in [0.25, 0.3) is 0 Å². The van der Waals surface area contributed by atoms with Crippen LogP contribution in [0.1, 0.15) is 33.3 Å². The molecule has 1 amide bonds. The number of nitrogens with two attached hydrogens (primary N) is 1. The summed E-state index contributed by atoms with van der Waals surface area (Å²) in [6.45, 7) is 9.73. The number of benzene rings is 1. The maximum atomic E-state index is 11.9. The lowest BCUT2D eigenvalue weighted by atomic mass is 9.92. The number of nitrogens with zero attached hydrogens (tertiary/aromatic N) is 1. The molecule has 1 aliphatic heterocycles. The SMILES string of the molecule is CC1Cc2ccccc2N(C(CN)CNC(=O)OC(C)(C)C)C1. The molecule has 0 aromatic heterocycles. The van der Waals surface area contributed by atoms with Gasteiger partial charge in [-0.3, -0.25) is 0 Å². The molecular weight excluding hydrogens is 290 g/mol. The molecule has 0 saturated carbocycles. The molecular formula is C18H29N3O2. The van der Waals surface area contributed by atoms with Gasteiger partial charge in [-0.2, -0.15) is 0 Å². The number of carbonyl (C=O) groups excluding carboxylic acids is 1. The Kier molecular flexibility index (Phi) is 5.52. The maximum absolute atomic E-state index is 11.9. The van der Waals surface area contributed by atoms with Crippen molar-refractivity contribution in [2.45, 2.75) is 45.8 Å². The Labute approximate surface area is 139 Å². The molecule has 2 atom stereocenters. The lowest BCUT2D eigenvalue weighted by molar-refractivity contribution is 0.0524. The van der Waals surface area contributed by atoms with Crippen LogP contribution in [0.5, 0.6) is 0 Å². The average molecular weight is 319 g/mol. The summed E-state index contributed by atoms with van der Waals surface area (Å²) in [6, 6.07) is 8.50. The lowest BCUT2D eigenvalue weighted by Gasteiger charge is -2.40. The van der Waals surface area contributed by atoms with Crippen molar-refractivity contribution in [2.75, 3.05) is 24.5 Å². The average Bonchev–Trinajstić information content (AvgIpc) is 2.45. The zero-order valence-corrected chi connectivity index (χ0v) is 14.6. The number of para-hydroxylation sites is 1. The van der Waals surface area contributed by atoms with Crippen molar-refractivity contribution < 1.29 is 9.53 Å². The molecule has 0 fully saturated rings. The Bertz CT molecular complexity index is 539. The van der Waals surface area contributed by atoms with E-state index in [9.17, 15) is 4.79 Å². The largest absolute Gasteiger partial charge is 0.444 e. The van der Waals surface area contributed by atoms with Crippen molar-refractivity contribution in [3.63, 3.8) is 0 Å². The first kappa shape index (κ1) is 17.6. The first-order valence-corrected chi connectivity index (χ1v) is 8.31. The maximum Gasteiger partial charge on any atom is 0.407 e. The smallest absolute Gasteiger partial charge is 0.407 e. The van der Waals surface area contributed by atoms with Crippen molar-refractivity contribution >= 4 is 11.8 Å². The lowest BCUT2D eigenvalue weighted by Crippen LogP contribution is -2.52. The predicted molar refractivity (Wildman–Crippen MR) is 93.7 cm³/mol. The molecule has 128 valence electrons. The standard InChI is InChI=1S/C18H29N3O2/c1-13-9-14-7-5-6-8-16(14)21(12-13)15(10-19)11-20-17(22)23-18(2,3)4/h5-8,13,15H,9-12,19H2,1-4H3,(H,20,22). The van der Waals surface area contributed by atoms with Crippen LogP contribution < -0.4 is 16.0 Å². The van der Waals surface area contributed by atoms with E-state index in [4.69, 9.17) is 10.5 Å². The second kappa shape index (κ2) is 7.21. The summed E-state index contributed by atoms with van der Waals surface area (Å²) < 4.78 is 5.30. The number of alkyl carbamates (subject to hydrolysis) is 1. The highest BCUT2D eigenvalue weighted by atomic mass is 16.6. The van der Waals surface area contributed by atoms with E-state index in [1.807, 2.05) is 20.8 Å². The van der Waals surface area contributed by atoms with E-state index < -0.39 is 11.7 Å². The number of hydrogen-bond acceptors (Lipinski definition) is 4. The van der Waals surface area contributed by atoms with Crippen LogP contribution in [0.2, 0.25) is 0 Å². The first-order chi connectivity index (χ1) is 10.8. The van der Waals surface area contributed by atoms with E-state index in [2.05, 4.69) is 41.4 Å². The number of fused-ring (bicyclic) bond motifs is 1. The molecule has 0 aliphatic carbocycles. The molecule has 2 rings (SSSR count). The molecule has 1 aromatic rings. The summed E-state index contributed by atoms with van der Waals surface area (Å²) in [7, 11) is 0. The zero-order chi connectivity index (χ0) is 17.0. The molecule has 5 heteroatoms. The van der Waals surface area contributed by atoms with Gasteiger partial charge in [0.05, 0.1) is 6.04 Å². The van der Waals surface area contributed by atoms with Crippen LogP contribution in [0.25, 0.3) is 0 Å². The molecule has 0 radical (unpaired) electrons. The molecule has 23 heavy (non-hydrogen) atoms. The van der Waals surface area contributed by atoms with Crippen molar-refractivity contribution in [1.29, 1.82) is 0 Å². The van der Waals surface area contributed by atoms with Crippen molar-refractivity contribution in [3.8, 4) is 0 Å². The Morgan fingerprint density at radius 1 is 1.43 bits per heavy atom. The minimum atomic E-state index is -0.492. The van der Waals surface area contributed by atoms with Gasteiger partial charge in [0.1, 0.15) is 5.60 Å². The van der Waals surface area contributed by atoms with Crippen LogP contribution in [0.3, 0.4) is 0 Å². The molecule has 0 bridgehead atoms. The monoisotopic (exact) mass is 319 g/mol. The zero-order valence-electron chi connectivity index (χ0n) is 14.6. The molecule has 1 aliphatic rings. The van der Waals surface area contributed by atoms with Gasteiger partial charge in [0, 0.05) is 25.3 Å². The summed E-state index contributed by atoms with van der Waals surface area (Å²) in [5.74, 6) is 0.570. The van der Waals surface area contributed by atoms with E-state index in [1.54, 1.807) is 0 Å². The third kappa shape index (κ3) is 4.86. The third-order valence-electron chi connectivity index (χ3n) is 3.97. The van der Waals surface area contributed by atoms with Gasteiger partial charge in [-0.25, -0.2) is 4.79 Å². The predicted octanol–water partition coefficient (Wildman–Crippen LogP) is 2.54. The Morgan fingerprint density at radius 2 is 2.13 bits per heavy atom. The van der Waals surface area contributed by atoms with Gasteiger partial charge >= 0.3 is 6.09 Å². The van der Waals surface area contributed by atoms with Gasteiger partial charge in [0.15, 0.2) is 0 Å². The number of amides is 1. The molecule has 1 heterocycles. The summed E-state index contributed by atoms with van der Waals surface area (Å²) in [5.41, 5.74) is 8.07. The van der Waals surface area contributed by atoms with Crippen molar-refractivity contribution in [2.24, 2.45) is 11.7 Å². The summed E-state index contributed by atoms with van der Waals surface area (Å²) in [4.78, 5) is 14.2. The fourth-order valence-corrected chi connectivity index (χ4v) is 3.02. The molecule has 5 nitrogen and oxygen atoms in total. The van der Waals surface area contributed by atoms with Crippen LogP contribution in [0, 0.1) is 5.92 Å². The van der Waals surface area contributed by atoms with Gasteiger partial charge in [-0.1, -0.05) is 25.1 Å². The highest BCUT2D eigenvalue weighted by Crippen LogP contribution is 2.30. The Morgan fingerprint density at radius 3 is 2.78 bits per heavy atom. The van der Waals surface area contributed by atoms with Gasteiger partial charge in [0.2, 0.25) is 0 Å². The van der Waals surface area contributed by atoms with Crippen LogP contribution in [-0.2, 0) is 11.2 Å². The minimum Gasteiger partial charge on any atom is -0.444 e. The van der Waals surface area contributed by atoms with Crippen molar-refractivity contribution in [3.05, 3.63) is 29.8 Å². The van der Waals surface area contributed by atoms with Crippen LogP contribution in [0.4, 0.5) is 10.5 Å².